The van der Waals surface area contributed by atoms with Crippen LogP contribution < -0.4 is 5.73 Å². The third-order valence-electron chi connectivity index (χ3n) is 3.40. The molecule has 0 spiro atoms. The summed E-state index contributed by atoms with van der Waals surface area (Å²) in [6.07, 6.45) is 1.58. The largest absolute Gasteiger partial charge is 0.379 e. The smallest absolute Gasteiger partial charge is 0.199 e. The lowest BCUT2D eigenvalue weighted by Crippen LogP contribution is -2.05. The number of halogens is 1. The molecule has 0 fully saturated rings. The predicted molar refractivity (Wildman–Crippen MR) is 78.5 cm³/mol. The van der Waals surface area contributed by atoms with Gasteiger partial charge < -0.3 is 10.3 Å². The maximum atomic E-state index is 14.1. The molecule has 23 heavy (non-hydrogen) atoms. The molecule has 0 amide bonds. The molecule has 4 aromatic rings. The highest BCUT2D eigenvalue weighted by Crippen LogP contribution is 2.28. The molecule has 0 atom stereocenters. The zero-order valence-corrected chi connectivity index (χ0v) is 11.7. The SMILES string of the molecule is Nc1nonc1-c1nc2c(F)cccc2n1Cc1cccnn1. The van der Waals surface area contributed by atoms with Gasteiger partial charge in [-0.1, -0.05) is 6.07 Å². The first-order valence-electron chi connectivity index (χ1n) is 6.74. The van der Waals surface area contributed by atoms with Crippen molar-refractivity contribution >= 4 is 16.9 Å². The number of nitrogens with two attached hydrogens (primary N) is 1. The Kier molecular flexibility index (Phi) is 2.97. The van der Waals surface area contributed by atoms with Gasteiger partial charge in [0.2, 0.25) is 0 Å². The second-order valence-electron chi connectivity index (χ2n) is 4.84. The highest BCUT2D eigenvalue weighted by atomic mass is 19.1. The molecule has 0 saturated heterocycles. The third kappa shape index (κ3) is 2.18. The van der Waals surface area contributed by atoms with Gasteiger partial charge in [-0.3, -0.25) is 0 Å². The molecule has 8 nitrogen and oxygen atoms in total. The van der Waals surface area contributed by atoms with Gasteiger partial charge in [0.25, 0.3) is 0 Å². The molecule has 9 heteroatoms. The van der Waals surface area contributed by atoms with E-state index in [0.29, 0.717) is 23.6 Å². The number of benzene rings is 1. The van der Waals surface area contributed by atoms with E-state index in [2.05, 4.69) is 30.1 Å². The van der Waals surface area contributed by atoms with Crippen LogP contribution >= 0.6 is 0 Å². The highest BCUT2D eigenvalue weighted by Gasteiger charge is 2.21. The molecule has 0 aliphatic rings. The number of nitrogens with zero attached hydrogens (tertiary/aromatic N) is 6. The van der Waals surface area contributed by atoms with E-state index in [4.69, 9.17) is 5.73 Å². The number of rotatable bonds is 3. The van der Waals surface area contributed by atoms with Crippen LogP contribution in [0.15, 0.2) is 41.2 Å². The summed E-state index contributed by atoms with van der Waals surface area (Å²) in [4.78, 5) is 4.31. The minimum atomic E-state index is -0.434. The summed E-state index contributed by atoms with van der Waals surface area (Å²) in [5.74, 6) is 0.00674. The second kappa shape index (κ2) is 5.13. The molecule has 0 aliphatic heterocycles. The zero-order chi connectivity index (χ0) is 15.8. The first-order valence-corrected chi connectivity index (χ1v) is 6.74. The monoisotopic (exact) mass is 311 g/mol. The Morgan fingerprint density at radius 2 is 2.09 bits per heavy atom. The first kappa shape index (κ1) is 13.3. The van der Waals surface area contributed by atoms with Gasteiger partial charge in [0.05, 0.1) is 17.8 Å². The highest BCUT2D eigenvalue weighted by molar-refractivity contribution is 5.82. The summed E-state index contributed by atoms with van der Waals surface area (Å²) < 4.78 is 20.4. The van der Waals surface area contributed by atoms with Gasteiger partial charge in [-0.2, -0.15) is 10.2 Å². The molecule has 2 N–H and O–H groups in total. The van der Waals surface area contributed by atoms with Crippen molar-refractivity contribution in [1.82, 2.24) is 30.1 Å². The lowest BCUT2D eigenvalue weighted by atomic mass is 10.3. The van der Waals surface area contributed by atoms with Crippen LogP contribution in [0.1, 0.15) is 5.69 Å². The summed E-state index contributed by atoms with van der Waals surface area (Å²) in [6.45, 7) is 0.329. The summed E-state index contributed by atoms with van der Waals surface area (Å²) in [7, 11) is 0. The van der Waals surface area contributed by atoms with E-state index in [0.717, 1.165) is 0 Å². The number of hydrogen-bond donors (Lipinski definition) is 1. The number of nitrogen functional groups attached to an aromatic ring is 1. The topological polar surface area (TPSA) is 109 Å². The van der Waals surface area contributed by atoms with E-state index in [9.17, 15) is 4.39 Å². The van der Waals surface area contributed by atoms with Gasteiger partial charge in [-0.25, -0.2) is 14.0 Å². The Morgan fingerprint density at radius 1 is 1.17 bits per heavy atom. The van der Waals surface area contributed by atoms with Crippen LogP contribution in [-0.4, -0.2) is 30.1 Å². The van der Waals surface area contributed by atoms with Crippen molar-refractivity contribution in [2.24, 2.45) is 0 Å². The normalized spacial score (nSPS) is 11.2. The zero-order valence-electron chi connectivity index (χ0n) is 11.7. The van der Waals surface area contributed by atoms with E-state index >= 15 is 0 Å². The van der Waals surface area contributed by atoms with Gasteiger partial charge >= 0.3 is 0 Å². The average molecular weight is 311 g/mol. The summed E-state index contributed by atoms with van der Waals surface area (Å²) in [5.41, 5.74) is 7.50. The number of hydrogen-bond acceptors (Lipinski definition) is 7. The fraction of sp³-hybridized carbons (Fsp3) is 0.0714. The van der Waals surface area contributed by atoms with E-state index in [-0.39, 0.29) is 17.0 Å². The third-order valence-corrected chi connectivity index (χ3v) is 3.40. The van der Waals surface area contributed by atoms with Crippen molar-refractivity contribution in [1.29, 1.82) is 0 Å². The first-order chi connectivity index (χ1) is 11.2. The van der Waals surface area contributed by atoms with Crippen LogP contribution in [0.5, 0.6) is 0 Å². The van der Waals surface area contributed by atoms with Gasteiger partial charge in [-0.05, 0) is 34.6 Å². The average Bonchev–Trinajstić information content (AvgIpc) is 3.13. The van der Waals surface area contributed by atoms with Crippen molar-refractivity contribution in [2.45, 2.75) is 6.54 Å². The standard InChI is InChI=1S/C14H10FN7O/c15-9-4-1-5-10-11(9)18-14(12-13(16)21-23-20-12)22(10)7-8-3-2-6-17-19-8/h1-6H,7H2,(H2,16,21). The Bertz CT molecular complexity index is 979. The minimum Gasteiger partial charge on any atom is -0.379 e. The number of imidazole rings is 1. The molecule has 0 unspecified atom stereocenters. The van der Waals surface area contributed by atoms with Crippen LogP contribution in [0, 0.1) is 5.82 Å². The van der Waals surface area contributed by atoms with Crippen LogP contribution in [0.2, 0.25) is 0 Å². The quantitative estimate of drug-likeness (QED) is 0.612. The lowest BCUT2D eigenvalue weighted by Gasteiger charge is -2.06. The molecular weight excluding hydrogens is 301 g/mol. The van der Waals surface area contributed by atoms with Crippen molar-refractivity contribution in [2.75, 3.05) is 5.73 Å². The Labute approximate surface area is 128 Å². The molecular formula is C14H10FN7O. The van der Waals surface area contributed by atoms with E-state index in [1.807, 2.05) is 6.07 Å². The van der Waals surface area contributed by atoms with Crippen LogP contribution in [0.4, 0.5) is 10.2 Å². The second-order valence-corrected chi connectivity index (χ2v) is 4.84. The molecule has 0 saturated carbocycles. The summed E-state index contributed by atoms with van der Waals surface area (Å²) in [5, 5.41) is 15.2. The van der Waals surface area contributed by atoms with Crippen molar-refractivity contribution in [3.8, 4) is 11.5 Å². The Balaban J connectivity index is 1.96. The minimum absolute atomic E-state index is 0.0844. The molecule has 4 rings (SSSR count). The van der Waals surface area contributed by atoms with Gasteiger partial charge in [0, 0.05) is 6.20 Å². The number of para-hydroxylation sites is 1. The van der Waals surface area contributed by atoms with Gasteiger partial charge in [0.1, 0.15) is 5.52 Å². The lowest BCUT2D eigenvalue weighted by molar-refractivity contribution is 0.310. The molecule has 0 radical (unpaired) electrons. The fourth-order valence-electron chi connectivity index (χ4n) is 2.38. The number of fused-ring (bicyclic) bond motifs is 1. The molecule has 114 valence electrons. The van der Waals surface area contributed by atoms with Gasteiger partial charge in [-0.15, -0.1) is 0 Å². The number of anilines is 1. The van der Waals surface area contributed by atoms with Crippen LogP contribution in [0.3, 0.4) is 0 Å². The van der Waals surface area contributed by atoms with Crippen LogP contribution in [-0.2, 0) is 6.54 Å². The van der Waals surface area contributed by atoms with Crippen molar-refractivity contribution < 1.29 is 9.02 Å². The number of aromatic nitrogens is 6. The van der Waals surface area contributed by atoms with Gasteiger partial charge in [0.15, 0.2) is 23.2 Å². The van der Waals surface area contributed by atoms with Crippen molar-refractivity contribution in [3.63, 3.8) is 0 Å². The molecule has 3 heterocycles. The van der Waals surface area contributed by atoms with Crippen molar-refractivity contribution in [3.05, 3.63) is 48.0 Å². The van der Waals surface area contributed by atoms with Crippen LogP contribution in [0.25, 0.3) is 22.6 Å². The Hall–Kier alpha value is -3.36. The molecule has 0 bridgehead atoms. The summed E-state index contributed by atoms with van der Waals surface area (Å²) in [6, 6.07) is 8.30. The fourth-order valence-corrected chi connectivity index (χ4v) is 2.38. The van der Waals surface area contributed by atoms with E-state index in [1.54, 1.807) is 29.0 Å². The molecule has 1 aromatic carbocycles. The predicted octanol–water partition coefficient (Wildman–Crippen LogP) is 1.65. The van der Waals surface area contributed by atoms with E-state index in [1.165, 1.54) is 6.07 Å². The molecule has 0 aliphatic carbocycles. The Morgan fingerprint density at radius 3 is 2.83 bits per heavy atom. The maximum Gasteiger partial charge on any atom is 0.199 e. The van der Waals surface area contributed by atoms with E-state index < -0.39 is 5.82 Å². The maximum absolute atomic E-state index is 14.1. The molecule has 3 aromatic heterocycles. The summed E-state index contributed by atoms with van der Waals surface area (Å²) >= 11 is 0.